The van der Waals surface area contributed by atoms with E-state index in [0.717, 1.165) is 37.5 Å². The lowest BCUT2D eigenvalue weighted by Gasteiger charge is -2.40. The molecule has 2 aromatic rings. The molecule has 1 saturated heterocycles. The molecule has 1 aliphatic heterocycles. The van der Waals surface area contributed by atoms with Crippen LogP contribution in [0.15, 0.2) is 59.6 Å². The number of piperidine rings is 1. The summed E-state index contributed by atoms with van der Waals surface area (Å²) < 4.78 is 0. The van der Waals surface area contributed by atoms with Crippen molar-refractivity contribution >= 4 is 35.8 Å². The van der Waals surface area contributed by atoms with Gasteiger partial charge in [0.15, 0.2) is 5.96 Å². The van der Waals surface area contributed by atoms with Gasteiger partial charge in [0, 0.05) is 46.3 Å². The molecule has 3 rings (SSSR count). The maximum atomic E-state index is 12.0. The van der Waals surface area contributed by atoms with Crippen LogP contribution in [-0.2, 0) is 6.54 Å². The van der Waals surface area contributed by atoms with Crippen LogP contribution >= 0.6 is 24.0 Å². The van der Waals surface area contributed by atoms with Crippen molar-refractivity contribution in [3.05, 3.63) is 71.3 Å². The van der Waals surface area contributed by atoms with E-state index in [4.69, 9.17) is 0 Å². The highest BCUT2D eigenvalue weighted by Crippen LogP contribution is 2.34. The zero-order valence-electron chi connectivity index (χ0n) is 19.0. The molecule has 5 nitrogen and oxygen atoms in total. The van der Waals surface area contributed by atoms with E-state index in [1.807, 2.05) is 31.3 Å². The number of aliphatic imine (C=N–C) groups is 1. The fourth-order valence-electron chi connectivity index (χ4n) is 4.31. The van der Waals surface area contributed by atoms with Crippen molar-refractivity contribution in [3.8, 4) is 0 Å². The van der Waals surface area contributed by atoms with E-state index in [0.29, 0.717) is 23.9 Å². The van der Waals surface area contributed by atoms with Crippen LogP contribution in [0.1, 0.15) is 47.2 Å². The number of halogens is 1. The monoisotopic (exact) mass is 534 g/mol. The largest absolute Gasteiger partial charge is 0.352 e. The molecule has 0 aromatic heterocycles. The lowest BCUT2D eigenvalue weighted by atomic mass is 9.79. The van der Waals surface area contributed by atoms with Crippen LogP contribution < -0.4 is 5.32 Å². The van der Waals surface area contributed by atoms with Crippen molar-refractivity contribution < 1.29 is 4.79 Å². The third kappa shape index (κ3) is 6.45. The van der Waals surface area contributed by atoms with Crippen LogP contribution in [-0.4, -0.2) is 55.9 Å². The number of nitrogens with zero attached hydrogens (tertiary/aromatic N) is 3. The van der Waals surface area contributed by atoms with Gasteiger partial charge in [0.2, 0.25) is 0 Å². The van der Waals surface area contributed by atoms with Crippen molar-refractivity contribution in [2.24, 2.45) is 10.9 Å². The highest BCUT2D eigenvalue weighted by Gasteiger charge is 2.30. The fourth-order valence-corrected chi connectivity index (χ4v) is 4.31. The minimum atomic E-state index is 0. The number of likely N-dealkylation sites (tertiary alicyclic amines) is 1. The van der Waals surface area contributed by atoms with Gasteiger partial charge in [-0.05, 0) is 41.5 Å². The van der Waals surface area contributed by atoms with Gasteiger partial charge in [0.05, 0.1) is 0 Å². The number of hydrogen-bond donors (Lipinski definition) is 1. The molecule has 1 heterocycles. The molecule has 6 heteroatoms. The Bertz CT molecular complexity index is 852. The number of benzene rings is 2. The zero-order valence-corrected chi connectivity index (χ0v) is 21.4. The van der Waals surface area contributed by atoms with Crippen molar-refractivity contribution in [1.29, 1.82) is 0 Å². The molecule has 168 valence electrons. The zero-order chi connectivity index (χ0) is 21.5. The van der Waals surface area contributed by atoms with E-state index in [-0.39, 0.29) is 29.9 Å². The molecular formula is C25H35IN4O. The first-order chi connectivity index (χ1) is 14.5. The van der Waals surface area contributed by atoms with E-state index in [1.54, 1.807) is 19.0 Å². The van der Waals surface area contributed by atoms with Crippen LogP contribution in [0.4, 0.5) is 0 Å². The fraction of sp³-hybridized carbons (Fsp3) is 0.440. The summed E-state index contributed by atoms with van der Waals surface area (Å²) in [5, 5.41) is 3.51. The van der Waals surface area contributed by atoms with Gasteiger partial charge in [-0.25, -0.2) is 0 Å². The topological polar surface area (TPSA) is 47.9 Å². The quantitative estimate of drug-likeness (QED) is 0.347. The highest BCUT2D eigenvalue weighted by molar-refractivity contribution is 14.0. The summed E-state index contributed by atoms with van der Waals surface area (Å²) in [7, 11) is 5.39. The van der Waals surface area contributed by atoms with Gasteiger partial charge in [-0.2, -0.15) is 0 Å². The summed E-state index contributed by atoms with van der Waals surface area (Å²) in [6.45, 7) is 5.01. The maximum absolute atomic E-state index is 12.0. The second-order valence-electron chi connectivity index (χ2n) is 8.22. The first-order valence-corrected chi connectivity index (χ1v) is 10.8. The summed E-state index contributed by atoms with van der Waals surface area (Å²) in [5.74, 6) is 2.22. The Morgan fingerprint density at radius 2 is 1.81 bits per heavy atom. The SMILES string of the molecule is CCC1CN(C(=NC)NCc2ccc(C(=O)N(C)C)cc2)CCC1c1ccccc1.I. The number of carbonyl (C=O) groups excluding carboxylic acids is 1. The predicted octanol–water partition coefficient (Wildman–Crippen LogP) is 4.60. The van der Waals surface area contributed by atoms with Crippen molar-refractivity contribution in [1.82, 2.24) is 15.1 Å². The van der Waals surface area contributed by atoms with E-state index < -0.39 is 0 Å². The molecule has 1 N–H and O–H groups in total. The molecule has 0 spiro atoms. The molecule has 1 amide bonds. The summed E-state index contributed by atoms with van der Waals surface area (Å²) in [6, 6.07) is 18.7. The predicted molar refractivity (Wildman–Crippen MR) is 139 cm³/mol. The smallest absolute Gasteiger partial charge is 0.253 e. The number of guanidine groups is 1. The van der Waals surface area contributed by atoms with Gasteiger partial charge in [0.25, 0.3) is 5.91 Å². The Morgan fingerprint density at radius 1 is 1.13 bits per heavy atom. The molecule has 1 aliphatic rings. The molecule has 0 aliphatic carbocycles. The maximum Gasteiger partial charge on any atom is 0.253 e. The van der Waals surface area contributed by atoms with Crippen LogP contribution in [0, 0.1) is 5.92 Å². The molecule has 2 atom stereocenters. The summed E-state index contributed by atoms with van der Waals surface area (Å²) in [6.07, 6.45) is 2.30. The summed E-state index contributed by atoms with van der Waals surface area (Å²) in [4.78, 5) is 20.6. The average molecular weight is 534 g/mol. The average Bonchev–Trinajstić information content (AvgIpc) is 2.79. The van der Waals surface area contributed by atoms with Crippen LogP contribution in [0.25, 0.3) is 0 Å². The molecule has 31 heavy (non-hydrogen) atoms. The molecule has 2 unspecified atom stereocenters. The van der Waals surface area contributed by atoms with Gasteiger partial charge < -0.3 is 15.1 Å². The van der Waals surface area contributed by atoms with E-state index in [1.165, 1.54) is 5.56 Å². The molecule has 1 fully saturated rings. The standard InChI is InChI=1S/C25H34N4O.HI/c1-5-20-18-29(16-15-23(20)21-9-7-6-8-10-21)25(26-2)27-17-19-11-13-22(14-12-19)24(30)28(3)4;/h6-14,20,23H,5,15-18H2,1-4H3,(H,26,27);1H. The molecule has 0 saturated carbocycles. The first-order valence-electron chi connectivity index (χ1n) is 10.8. The normalized spacial score (nSPS) is 18.8. The lowest BCUT2D eigenvalue weighted by Crippen LogP contribution is -2.48. The minimum Gasteiger partial charge on any atom is -0.352 e. The lowest BCUT2D eigenvalue weighted by molar-refractivity contribution is 0.0827. The molecular weight excluding hydrogens is 499 g/mol. The molecule has 2 aromatic carbocycles. The van der Waals surface area contributed by atoms with Crippen molar-refractivity contribution in [2.75, 3.05) is 34.2 Å². The Kier molecular flexibility index (Phi) is 9.81. The van der Waals surface area contributed by atoms with Gasteiger partial charge in [0.1, 0.15) is 0 Å². The van der Waals surface area contributed by atoms with Gasteiger partial charge >= 0.3 is 0 Å². The van der Waals surface area contributed by atoms with Crippen molar-refractivity contribution in [2.45, 2.75) is 32.2 Å². The summed E-state index contributed by atoms with van der Waals surface area (Å²) in [5.41, 5.74) is 3.30. The van der Waals surface area contributed by atoms with Crippen LogP contribution in [0.3, 0.4) is 0 Å². The highest BCUT2D eigenvalue weighted by atomic mass is 127. The Hall–Kier alpha value is -2.09. The Morgan fingerprint density at radius 3 is 2.39 bits per heavy atom. The van der Waals surface area contributed by atoms with Gasteiger partial charge in [-0.1, -0.05) is 55.8 Å². The molecule has 0 radical (unpaired) electrons. The Labute approximate surface area is 203 Å². The first kappa shape index (κ1) is 25.2. The second kappa shape index (κ2) is 12.1. The van der Waals surface area contributed by atoms with E-state index >= 15 is 0 Å². The number of amides is 1. The van der Waals surface area contributed by atoms with Gasteiger partial charge in [-0.15, -0.1) is 24.0 Å². The van der Waals surface area contributed by atoms with Gasteiger partial charge in [-0.3, -0.25) is 9.79 Å². The second-order valence-corrected chi connectivity index (χ2v) is 8.22. The minimum absolute atomic E-state index is 0. The van der Waals surface area contributed by atoms with E-state index in [9.17, 15) is 4.79 Å². The Balaban J connectivity index is 0.00000341. The van der Waals surface area contributed by atoms with Crippen molar-refractivity contribution in [3.63, 3.8) is 0 Å². The number of hydrogen-bond acceptors (Lipinski definition) is 2. The molecule has 0 bridgehead atoms. The third-order valence-electron chi connectivity index (χ3n) is 6.06. The third-order valence-corrected chi connectivity index (χ3v) is 6.06. The number of nitrogens with one attached hydrogen (secondary N) is 1. The number of carbonyl (C=O) groups is 1. The van der Waals surface area contributed by atoms with Crippen LogP contribution in [0.2, 0.25) is 0 Å². The number of rotatable bonds is 5. The van der Waals surface area contributed by atoms with Crippen LogP contribution in [0.5, 0.6) is 0 Å². The van der Waals surface area contributed by atoms with E-state index in [2.05, 4.69) is 52.5 Å². The summed E-state index contributed by atoms with van der Waals surface area (Å²) >= 11 is 0.